The topological polar surface area (TPSA) is 59.8 Å². The Morgan fingerprint density at radius 3 is 2.61 bits per heavy atom. The molecule has 0 unspecified atom stereocenters. The fourth-order valence-electron chi connectivity index (χ4n) is 2.20. The van der Waals surface area contributed by atoms with Gasteiger partial charge in [-0.15, -0.1) is 0 Å². The van der Waals surface area contributed by atoms with Crippen molar-refractivity contribution in [3.05, 3.63) is 71.4 Å². The van der Waals surface area contributed by atoms with Gasteiger partial charge in [-0.3, -0.25) is 4.79 Å². The van der Waals surface area contributed by atoms with Crippen molar-refractivity contribution in [2.75, 3.05) is 5.32 Å². The van der Waals surface area contributed by atoms with Gasteiger partial charge in [0, 0.05) is 6.07 Å². The number of halogens is 1. The Balaban J connectivity index is 1.91. The second kappa shape index (κ2) is 6.00. The van der Waals surface area contributed by atoms with Crippen LogP contribution in [0.1, 0.15) is 21.7 Å². The molecular formula is C17H15FN4O. The fraction of sp³-hybridized carbons (Fsp3) is 0.118. The molecule has 0 spiro atoms. The number of para-hydroxylation sites is 1. The molecule has 1 aromatic carbocycles. The van der Waals surface area contributed by atoms with E-state index in [-0.39, 0.29) is 5.69 Å². The molecule has 6 heteroatoms. The van der Waals surface area contributed by atoms with Crippen molar-refractivity contribution in [1.82, 2.24) is 14.8 Å². The Kier molecular flexibility index (Phi) is 3.89. The molecule has 0 fully saturated rings. The van der Waals surface area contributed by atoms with Crippen LogP contribution in [0.25, 0.3) is 5.69 Å². The summed E-state index contributed by atoms with van der Waals surface area (Å²) in [5.74, 6) is -0.320. The van der Waals surface area contributed by atoms with Crippen LogP contribution in [0.4, 0.5) is 10.2 Å². The van der Waals surface area contributed by atoms with Crippen LogP contribution in [-0.4, -0.2) is 20.7 Å². The first kappa shape index (κ1) is 14.9. The second-order valence-corrected chi connectivity index (χ2v) is 5.19. The highest BCUT2D eigenvalue weighted by molar-refractivity contribution is 6.02. The Hall–Kier alpha value is -3.02. The summed E-state index contributed by atoms with van der Waals surface area (Å²) in [5.41, 5.74) is 2.13. The maximum absolute atomic E-state index is 13.3. The minimum absolute atomic E-state index is 0.155. The zero-order chi connectivity index (χ0) is 16.4. The van der Waals surface area contributed by atoms with E-state index >= 15 is 0 Å². The van der Waals surface area contributed by atoms with Crippen LogP contribution < -0.4 is 5.32 Å². The van der Waals surface area contributed by atoms with Gasteiger partial charge in [-0.05, 0) is 37.6 Å². The highest BCUT2D eigenvalue weighted by Gasteiger charge is 2.14. The normalized spacial score (nSPS) is 10.6. The Labute approximate surface area is 132 Å². The van der Waals surface area contributed by atoms with Crippen molar-refractivity contribution < 1.29 is 9.18 Å². The van der Waals surface area contributed by atoms with E-state index in [4.69, 9.17) is 0 Å². The molecule has 0 aliphatic carbocycles. The molecule has 0 aliphatic rings. The van der Waals surface area contributed by atoms with Gasteiger partial charge in [0.25, 0.3) is 5.91 Å². The van der Waals surface area contributed by atoms with Crippen molar-refractivity contribution in [2.24, 2.45) is 0 Å². The largest absolute Gasteiger partial charge is 0.305 e. The van der Waals surface area contributed by atoms with Crippen LogP contribution in [0.5, 0.6) is 0 Å². The van der Waals surface area contributed by atoms with Gasteiger partial charge in [-0.2, -0.15) is 5.10 Å². The summed E-state index contributed by atoms with van der Waals surface area (Å²) in [5, 5.41) is 7.15. The second-order valence-electron chi connectivity index (χ2n) is 5.19. The first-order chi connectivity index (χ1) is 11.0. The Bertz CT molecular complexity index is 858. The first-order valence-corrected chi connectivity index (χ1v) is 7.10. The van der Waals surface area contributed by atoms with Crippen molar-refractivity contribution in [3.63, 3.8) is 0 Å². The van der Waals surface area contributed by atoms with E-state index in [1.165, 1.54) is 6.07 Å². The number of pyridine rings is 1. The van der Waals surface area contributed by atoms with Gasteiger partial charge in [0.15, 0.2) is 0 Å². The minimum atomic E-state index is -0.438. The predicted octanol–water partition coefficient (Wildman–Crippen LogP) is 3.28. The van der Waals surface area contributed by atoms with Gasteiger partial charge >= 0.3 is 0 Å². The molecule has 1 N–H and O–H groups in total. The monoisotopic (exact) mass is 310 g/mol. The third-order valence-corrected chi connectivity index (χ3v) is 3.35. The number of carbonyl (C=O) groups is 1. The number of hydrogen-bond donors (Lipinski definition) is 1. The Morgan fingerprint density at radius 2 is 1.91 bits per heavy atom. The lowest BCUT2D eigenvalue weighted by Crippen LogP contribution is -2.16. The molecule has 0 aliphatic heterocycles. The number of carbonyl (C=O) groups excluding carboxylic acids is 1. The average molecular weight is 310 g/mol. The van der Waals surface area contributed by atoms with Crippen molar-refractivity contribution >= 4 is 11.7 Å². The number of hydrogen-bond acceptors (Lipinski definition) is 3. The van der Waals surface area contributed by atoms with E-state index in [9.17, 15) is 9.18 Å². The summed E-state index contributed by atoms with van der Waals surface area (Å²) in [7, 11) is 0. The molecule has 2 aromatic heterocycles. The van der Waals surface area contributed by atoms with Crippen molar-refractivity contribution in [2.45, 2.75) is 13.8 Å². The number of nitrogens with zero attached hydrogens (tertiary/aromatic N) is 3. The summed E-state index contributed by atoms with van der Waals surface area (Å²) in [6, 6.07) is 12.7. The summed E-state index contributed by atoms with van der Waals surface area (Å²) in [6.07, 6.45) is 1.05. The van der Waals surface area contributed by atoms with Gasteiger partial charge in [0.05, 0.1) is 17.6 Å². The van der Waals surface area contributed by atoms with E-state index in [1.807, 2.05) is 37.3 Å². The standard InChI is InChI=1S/C17H15FN4O/c1-11-8-15(19-10-14(11)18)17(23)20-16-9-12(2)21-22(16)13-6-4-3-5-7-13/h3-10H,1-2H3,(H,20,23). The molecule has 116 valence electrons. The van der Waals surface area contributed by atoms with E-state index in [0.29, 0.717) is 11.4 Å². The summed E-state index contributed by atoms with van der Waals surface area (Å²) >= 11 is 0. The highest BCUT2D eigenvalue weighted by Crippen LogP contribution is 2.18. The highest BCUT2D eigenvalue weighted by atomic mass is 19.1. The van der Waals surface area contributed by atoms with Gasteiger partial charge in [0.1, 0.15) is 17.3 Å². The number of amides is 1. The molecule has 3 aromatic rings. The van der Waals surface area contributed by atoms with E-state index in [1.54, 1.807) is 17.7 Å². The molecule has 1 amide bonds. The molecule has 2 heterocycles. The third kappa shape index (κ3) is 3.11. The lowest BCUT2D eigenvalue weighted by molar-refractivity contribution is 0.102. The average Bonchev–Trinajstić information content (AvgIpc) is 2.91. The van der Waals surface area contributed by atoms with Crippen LogP contribution >= 0.6 is 0 Å². The summed E-state index contributed by atoms with van der Waals surface area (Å²) in [4.78, 5) is 16.2. The molecule has 0 saturated carbocycles. The number of aryl methyl sites for hydroxylation is 2. The quantitative estimate of drug-likeness (QED) is 0.807. The molecule has 0 radical (unpaired) electrons. The molecule has 0 atom stereocenters. The minimum Gasteiger partial charge on any atom is -0.305 e. The number of benzene rings is 1. The van der Waals surface area contributed by atoms with E-state index in [0.717, 1.165) is 17.6 Å². The van der Waals surface area contributed by atoms with E-state index in [2.05, 4.69) is 15.4 Å². The molecule has 0 bridgehead atoms. The van der Waals surface area contributed by atoms with Crippen LogP contribution in [-0.2, 0) is 0 Å². The first-order valence-electron chi connectivity index (χ1n) is 7.10. The van der Waals surface area contributed by atoms with Crippen molar-refractivity contribution in [1.29, 1.82) is 0 Å². The summed E-state index contributed by atoms with van der Waals surface area (Å²) in [6.45, 7) is 3.43. The molecule has 5 nitrogen and oxygen atoms in total. The van der Waals surface area contributed by atoms with Crippen LogP contribution in [0.15, 0.2) is 48.7 Å². The summed E-state index contributed by atoms with van der Waals surface area (Å²) < 4.78 is 14.9. The predicted molar refractivity (Wildman–Crippen MR) is 85.2 cm³/mol. The van der Waals surface area contributed by atoms with Gasteiger partial charge in [-0.25, -0.2) is 14.1 Å². The lowest BCUT2D eigenvalue weighted by Gasteiger charge is -2.09. The molecule has 23 heavy (non-hydrogen) atoms. The molecule has 0 saturated heterocycles. The number of aromatic nitrogens is 3. The van der Waals surface area contributed by atoms with Gasteiger partial charge < -0.3 is 5.32 Å². The fourth-order valence-corrected chi connectivity index (χ4v) is 2.20. The Morgan fingerprint density at radius 1 is 1.17 bits per heavy atom. The van der Waals surface area contributed by atoms with Crippen LogP contribution in [0, 0.1) is 19.7 Å². The zero-order valence-electron chi connectivity index (χ0n) is 12.7. The maximum atomic E-state index is 13.3. The lowest BCUT2D eigenvalue weighted by atomic mass is 10.2. The molecular weight excluding hydrogens is 295 g/mol. The SMILES string of the molecule is Cc1cc(NC(=O)c2cc(C)c(F)cn2)n(-c2ccccc2)n1. The number of nitrogens with one attached hydrogen (secondary N) is 1. The smallest absolute Gasteiger partial charge is 0.275 e. The van der Waals surface area contributed by atoms with E-state index < -0.39 is 11.7 Å². The number of rotatable bonds is 3. The maximum Gasteiger partial charge on any atom is 0.275 e. The third-order valence-electron chi connectivity index (χ3n) is 3.35. The molecule has 3 rings (SSSR count). The number of anilines is 1. The van der Waals surface area contributed by atoms with Crippen LogP contribution in [0.3, 0.4) is 0 Å². The van der Waals surface area contributed by atoms with Crippen molar-refractivity contribution in [3.8, 4) is 5.69 Å². The van der Waals surface area contributed by atoms with Crippen LogP contribution in [0.2, 0.25) is 0 Å². The van der Waals surface area contributed by atoms with Gasteiger partial charge in [0.2, 0.25) is 0 Å². The van der Waals surface area contributed by atoms with Gasteiger partial charge in [-0.1, -0.05) is 18.2 Å². The zero-order valence-corrected chi connectivity index (χ0v) is 12.7.